The SMILES string of the molecule is CCOc1cc(C(=O)NC(CN)C2CC2)cc(OCC)c1OCC. The van der Waals surface area contributed by atoms with Crippen LogP contribution in [0, 0.1) is 5.92 Å². The van der Waals surface area contributed by atoms with Gasteiger partial charge in [-0.15, -0.1) is 0 Å². The predicted octanol–water partition coefficient (Wildman–Crippen LogP) is 2.35. The molecule has 1 aliphatic carbocycles. The van der Waals surface area contributed by atoms with Gasteiger partial charge in [-0.1, -0.05) is 0 Å². The molecule has 0 spiro atoms. The third-order valence-electron chi connectivity index (χ3n) is 3.93. The van der Waals surface area contributed by atoms with Crippen LogP contribution in [-0.4, -0.2) is 38.3 Å². The van der Waals surface area contributed by atoms with Crippen LogP contribution in [0.5, 0.6) is 17.2 Å². The van der Waals surface area contributed by atoms with Gasteiger partial charge in [0.05, 0.1) is 19.8 Å². The van der Waals surface area contributed by atoms with Crippen LogP contribution in [0.1, 0.15) is 44.0 Å². The second kappa shape index (κ2) is 8.78. The fraction of sp³-hybridized carbons (Fsp3) is 0.611. The molecule has 1 fully saturated rings. The van der Waals surface area contributed by atoms with E-state index in [0.717, 1.165) is 12.8 Å². The quantitative estimate of drug-likeness (QED) is 0.685. The monoisotopic (exact) mass is 336 g/mol. The fourth-order valence-electron chi connectivity index (χ4n) is 2.64. The van der Waals surface area contributed by atoms with Gasteiger partial charge in [0.25, 0.3) is 5.91 Å². The minimum atomic E-state index is -0.165. The van der Waals surface area contributed by atoms with E-state index in [2.05, 4.69) is 5.32 Å². The highest BCUT2D eigenvalue weighted by Crippen LogP contribution is 2.39. The van der Waals surface area contributed by atoms with Crippen LogP contribution in [0.4, 0.5) is 0 Å². The number of amides is 1. The maximum atomic E-state index is 12.6. The van der Waals surface area contributed by atoms with E-state index in [-0.39, 0.29) is 11.9 Å². The van der Waals surface area contributed by atoms with E-state index >= 15 is 0 Å². The van der Waals surface area contributed by atoms with Gasteiger partial charge in [-0.3, -0.25) is 4.79 Å². The van der Waals surface area contributed by atoms with Crippen molar-refractivity contribution in [3.05, 3.63) is 17.7 Å². The Hall–Kier alpha value is -1.95. The number of benzene rings is 1. The van der Waals surface area contributed by atoms with Crippen LogP contribution < -0.4 is 25.3 Å². The van der Waals surface area contributed by atoms with Crippen molar-refractivity contribution in [2.24, 2.45) is 11.7 Å². The average Bonchev–Trinajstić information content (AvgIpc) is 3.40. The molecule has 1 aromatic rings. The van der Waals surface area contributed by atoms with Crippen molar-refractivity contribution in [2.45, 2.75) is 39.7 Å². The molecule has 1 atom stereocenters. The molecule has 6 heteroatoms. The molecule has 0 aromatic heterocycles. The maximum Gasteiger partial charge on any atom is 0.251 e. The maximum absolute atomic E-state index is 12.6. The lowest BCUT2D eigenvalue weighted by Crippen LogP contribution is -2.41. The first-order valence-corrected chi connectivity index (χ1v) is 8.71. The van der Waals surface area contributed by atoms with E-state index in [1.165, 1.54) is 0 Å². The number of carbonyl (C=O) groups is 1. The molecule has 1 saturated carbocycles. The summed E-state index contributed by atoms with van der Waals surface area (Å²) in [7, 11) is 0. The predicted molar refractivity (Wildman–Crippen MR) is 93.0 cm³/mol. The van der Waals surface area contributed by atoms with E-state index in [4.69, 9.17) is 19.9 Å². The lowest BCUT2D eigenvalue weighted by atomic mass is 10.1. The third-order valence-corrected chi connectivity index (χ3v) is 3.93. The highest BCUT2D eigenvalue weighted by Gasteiger charge is 2.31. The van der Waals surface area contributed by atoms with Gasteiger partial charge in [-0.05, 0) is 51.7 Å². The summed E-state index contributed by atoms with van der Waals surface area (Å²) in [4.78, 5) is 12.6. The standard InChI is InChI=1S/C18H28N2O4/c1-4-22-15-9-13(10-16(23-5-2)17(15)24-6-3)18(21)20-14(11-19)12-7-8-12/h9-10,12,14H,4-8,11,19H2,1-3H3,(H,20,21). The molecule has 2 rings (SSSR count). The van der Waals surface area contributed by atoms with Crippen LogP contribution in [0.3, 0.4) is 0 Å². The molecule has 1 aliphatic rings. The van der Waals surface area contributed by atoms with Crippen LogP contribution in [0.2, 0.25) is 0 Å². The van der Waals surface area contributed by atoms with Crippen LogP contribution in [0.25, 0.3) is 0 Å². The molecule has 6 nitrogen and oxygen atoms in total. The van der Waals surface area contributed by atoms with Gasteiger partial charge in [0.1, 0.15) is 0 Å². The molecular weight excluding hydrogens is 308 g/mol. The van der Waals surface area contributed by atoms with Crippen molar-refractivity contribution < 1.29 is 19.0 Å². The molecule has 3 N–H and O–H groups in total. The van der Waals surface area contributed by atoms with Gasteiger partial charge in [0, 0.05) is 18.2 Å². The highest BCUT2D eigenvalue weighted by atomic mass is 16.5. The Labute approximate surface area is 143 Å². The molecule has 134 valence electrons. The van der Waals surface area contributed by atoms with E-state index in [0.29, 0.717) is 55.1 Å². The van der Waals surface area contributed by atoms with Crippen LogP contribution >= 0.6 is 0 Å². The second-order valence-corrected chi connectivity index (χ2v) is 5.75. The molecule has 1 unspecified atom stereocenters. The Morgan fingerprint density at radius 3 is 2.08 bits per heavy atom. The molecule has 1 aromatic carbocycles. The van der Waals surface area contributed by atoms with Gasteiger partial charge >= 0.3 is 0 Å². The first-order chi connectivity index (χ1) is 11.6. The zero-order chi connectivity index (χ0) is 17.5. The molecule has 0 radical (unpaired) electrons. The van der Waals surface area contributed by atoms with Gasteiger partial charge in [-0.25, -0.2) is 0 Å². The van der Waals surface area contributed by atoms with Crippen molar-refractivity contribution in [3.8, 4) is 17.2 Å². The largest absolute Gasteiger partial charge is 0.490 e. The number of hydrogen-bond acceptors (Lipinski definition) is 5. The lowest BCUT2D eigenvalue weighted by molar-refractivity contribution is 0.0932. The summed E-state index contributed by atoms with van der Waals surface area (Å²) in [5, 5.41) is 3.02. The number of carbonyl (C=O) groups excluding carboxylic acids is 1. The summed E-state index contributed by atoms with van der Waals surface area (Å²) >= 11 is 0. The first-order valence-electron chi connectivity index (χ1n) is 8.71. The van der Waals surface area contributed by atoms with E-state index in [9.17, 15) is 4.79 Å². The molecule has 0 saturated heterocycles. The molecule has 0 heterocycles. The first kappa shape index (κ1) is 18.4. The minimum Gasteiger partial charge on any atom is -0.490 e. The molecular formula is C18H28N2O4. The summed E-state index contributed by atoms with van der Waals surface area (Å²) in [5.41, 5.74) is 6.27. The topological polar surface area (TPSA) is 82.8 Å². The Morgan fingerprint density at radius 1 is 1.12 bits per heavy atom. The highest BCUT2D eigenvalue weighted by molar-refractivity contribution is 5.95. The van der Waals surface area contributed by atoms with Crippen molar-refractivity contribution in [1.82, 2.24) is 5.32 Å². The molecule has 0 aliphatic heterocycles. The smallest absolute Gasteiger partial charge is 0.251 e. The van der Waals surface area contributed by atoms with E-state index in [1.807, 2.05) is 20.8 Å². The number of nitrogens with one attached hydrogen (secondary N) is 1. The second-order valence-electron chi connectivity index (χ2n) is 5.75. The van der Waals surface area contributed by atoms with Gasteiger partial charge in [0.2, 0.25) is 5.75 Å². The van der Waals surface area contributed by atoms with Crippen LogP contribution in [-0.2, 0) is 0 Å². The van der Waals surface area contributed by atoms with Gasteiger partial charge in [0.15, 0.2) is 11.5 Å². The summed E-state index contributed by atoms with van der Waals surface area (Å²) < 4.78 is 17.0. The van der Waals surface area contributed by atoms with E-state index in [1.54, 1.807) is 12.1 Å². The molecule has 1 amide bonds. The van der Waals surface area contributed by atoms with Crippen molar-refractivity contribution in [2.75, 3.05) is 26.4 Å². The Morgan fingerprint density at radius 2 is 1.67 bits per heavy atom. The summed E-state index contributed by atoms with van der Waals surface area (Å²) in [6.45, 7) is 7.56. The molecule has 0 bridgehead atoms. The zero-order valence-corrected chi connectivity index (χ0v) is 14.8. The van der Waals surface area contributed by atoms with Gasteiger partial charge in [-0.2, -0.15) is 0 Å². The normalized spacial score (nSPS) is 14.8. The number of hydrogen-bond donors (Lipinski definition) is 2. The summed E-state index contributed by atoms with van der Waals surface area (Å²) in [6, 6.07) is 3.43. The Bertz CT molecular complexity index is 531. The number of ether oxygens (including phenoxy) is 3. The summed E-state index contributed by atoms with van der Waals surface area (Å²) in [6.07, 6.45) is 2.25. The third kappa shape index (κ3) is 4.54. The number of rotatable bonds is 10. The van der Waals surface area contributed by atoms with Gasteiger partial charge < -0.3 is 25.3 Å². The van der Waals surface area contributed by atoms with E-state index < -0.39 is 0 Å². The lowest BCUT2D eigenvalue weighted by Gasteiger charge is -2.19. The van der Waals surface area contributed by atoms with Crippen molar-refractivity contribution in [1.29, 1.82) is 0 Å². The fourth-order valence-corrected chi connectivity index (χ4v) is 2.64. The minimum absolute atomic E-state index is 0.0233. The van der Waals surface area contributed by atoms with Crippen molar-refractivity contribution in [3.63, 3.8) is 0 Å². The number of nitrogens with two attached hydrogens (primary N) is 1. The summed E-state index contributed by atoms with van der Waals surface area (Å²) in [5.74, 6) is 1.91. The average molecular weight is 336 g/mol. The molecule has 24 heavy (non-hydrogen) atoms. The van der Waals surface area contributed by atoms with Crippen LogP contribution in [0.15, 0.2) is 12.1 Å². The Kier molecular flexibility index (Phi) is 6.73. The van der Waals surface area contributed by atoms with Crippen molar-refractivity contribution >= 4 is 5.91 Å². The Balaban J connectivity index is 2.28. The zero-order valence-electron chi connectivity index (χ0n) is 14.8.